The maximum atomic E-state index is 4.41. The fraction of sp³-hybridized carbons (Fsp3) is 0.600. The number of rotatable bonds is 2. The zero-order valence-corrected chi connectivity index (χ0v) is 8.20. The van der Waals surface area contributed by atoms with Crippen molar-refractivity contribution in [2.24, 2.45) is 0 Å². The molecule has 1 aliphatic rings. The zero-order valence-electron chi connectivity index (χ0n) is 8.20. The van der Waals surface area contributed by atoms with Gasteiger partial charge in [-0.3, -0.25) is 0 Å². The van der Waals surface area contributed by atoms with E-state index in [1.807, 2.05) is 19.2 Å². The van der Waals surface area contributed by atoms with Gasteiger partial charge < -0.3 is 4.90 Å². The number of anilines is 1. The van der Waals surface area contributed by atoms with E-state index in [1.165, 1.54) is 12.8 Å². The van der Waals surface area contributed by atoms with Gasteiger partial charge in [0.1, 0.15) is 11.6 Å². The van der Waals surface area contributed by atoms with Crippen LogP contribution in [0.4, 0.5) is 5.82 Å². The Bertz CT molecular complexity index is 296. The molecule has 0 aromatic carbocycles. The molecule has 0 amide bonds. The molecule has 1 atom stereocenters. The van der Waals surface area contributed by atoms with Crippen molar-refractivity contribution in [3.8, 4) is 0 Å². The molecule has 1 aliphatic heterocycles. The number of nitrogens with zero attached hydrogens (tertiary/aromatic N) is 3. The third kappa shape index (κ3) is 1.50. The van der Waals surface area contributed by atoms with E-state index in [0.717, 1.165) is 18.2 Å². The summed E-state index contributed by atoms with van der Waals surface area (Å²) in [5.41, 5.74) is 0. The number of hydrogen-bond donors (Lipinski definition) is 0. The van der Waals surface area contributed by atoms with E-state index in [1.54, 1.807) is 0 Å². The van der Waals surface area contributed by atoms with Crippen molar-refractivity contribution >= 4 is 5.82 Å². The van der Waals surface area contributed by atoms with Gasteiger partial charge in [0.15, 0.2) is 0 Å². The van der Waals surface area contributed by atoms with Crippen LogP contribution in [0.25, 0.3) is 0 Å². The van der Waals surface area contributed by atoms with Gasteiger partial charge in [0, 0.05) is 18.8 Å². The van der Waals surface area contributed by atoms with E-state index in [9.17, 15) is 0 Å². The zero-order chi connectivity index (χ0) is 9.26. The lowest BCUT2D eigenvalue weighted by atomic mass is 10.0. The Morgan fingerprint density at radius 1 is 1.62 bits per heavy atom. The Morgan fingerprint density at radius 2 is 2.46 bits per heavy atom. The van der Waals surface area contributed by atoms with Gasteiger partial charge in [0.05, 0.1) is 0 Å². The van der Waals surface area contributed by atoms with Crippen molar-refractivity contribution in [2.45, 2.75) is 32.7 Å². The van der Waals surface area contributed by atoms with E-state index in [4.69, 9.17) is 0 Å². The summed E-state index contributed by atoms with van der Waals surface area (Å²) < 4.78 is 0. The van der Waals surface area contributed by atoms with Gasteiger partial charge in [-0.2, -0.15) is 0 Å². The van der Waals surface area contributed by atoms with Crippen LogP contribution in [-0.2, 0) is 0 Å². The van der Waals surface area contributed by atoms with Crippen LogP contribution >= 0.6 is 0 Å². The minimum atomic E-state index is 0.703. The molecule has 0 spiro atoms. The van der Waals surface area contributed by atoms with Crippen LogP contribution < -0.4 is 4.90 Å². The molecule has 3 heteroatoms. The van der Waals surface area contributed by atoms with Gasteiger partial charge in [0.2, 0.25) is 0 Å². The fourth-order valence-corrected chi connectivity index (χ4v) is 1.77. The van der Waals surface area contributed by atoms with Crippen LogP contribution in [0.1, 0.15) is 25.6 Å². The minimum Gasteiger partial charge on any atom is -0.353 e. The summed E-state index contributed by atoms with van der Waals surface area (Å²) in [5.74, 6) is 1.95. The molecule has 13 heavy (non-hydrogen) atoms. The Labute approximate surface area is 78.8 Å². The average Bonchev–Trinajstić information content (AvgIpc) is 2.03. The molecule has 1 saturated heterocycles. The Hall–Kier alpha value is -1.12. The molecule has 0 N–H and O–H groups in total. The molecular weight excluding hydrogens is 162 g/mol. The van der Waals surface area contributed by atoms with Crippen molar-refractivity contribution in [3.05, 3.63) is 18.1 Å². The molecule has 0 radical (unpaired) electrons. The van der Waals surface area contributed by atoms with Gasteiger partial charge in [0.25, 0.3) is 0 Å². The fourth-order valence-electron chi connectivity index (χ4n) is 1.77. The SMILES string of the molecule is CCC1CCN1c1ccnc(C)n1. The highest BCUT2D eigenvalue weighted by Crippen LogP contribution is 2.25. The summed E-state index contributed by atoms with van der Waals surface area (Å²) >= 11 is 0. The van der Waals surface area contributed by atoms with Gasteiger partial charge in [-0.1, -0.05) is 6.92 Å². The van der Waals surface area contributed by atoms with E-state index < -0.39 is 0 Å². The average molecular weight is 177 g/mol. The highest BCUT2D eigenvalue weighted by atomic mass is 15.3. The van der Waals surface area contributed by atoms with Crippen molar-refractivity contribution < 1.29 is 0 Å². The second-order valence-corrected chi connectivity index (χ2v) is 3.51. The molecule has 3 nitrogen and oxygen atoms in total. The van der Waals surface area contributed by atoms with E-state index in [-0.39, 0.29) is 0 Å². The smallest absolute Gasteiger partial charge is 0.132 e. The molecule has 2 rings (SSSR count). The lowest BCUT2D eigenvalue weighted by Gasteiger charge is -2.41. The van der Waals surface area contributed by atoms with E-state index >= 15 is 0 Å². The van der Waals surface area contributed by atoms with Crippen molar-refractivity contribution in [1.29, 1.82) is 0 Å². The second-order valence-electron chi connectivity index (χ2n) is 3.51. The molecular formula is C10H15N3. The first-order chi connectivity index (χ1) is 6.31. The minimum absolute atomic E-state index is 0.703. The summed E-state index contributed by atoms with van der Waals surface area (Å²) in [6.07, 6.45) is 4.35. The summed E-state index contributed by atoms with van der Waals surface area (Å²) in [6.45, 7) is 5.31. The third-order valence-electron chi connectivity index (χ3n) is 2.67. The molecule has 0 saturated carbocycles. The van der Waals surface area contributed by atoms with E-state index in [0.29, 0.717) is 6.04 Å². The van der Waals surface area contributed by atoms with Crippen LogP contribution in [-0.4, -0.2) is 22.6 Å². The van der Waals surface area contributed by atoms with Crippen LogP contribution in [0.2, 0.25) is 0 Å². The van der Waals surface area contributed by atoms with Gasteiger partial charge >= 0.3 is 0 Å². The van der Waals surface area contributed by atoms with Crippen molar-refractivity contribution in [1.82, 2.24) is 9.97 Å². The van der Waals surface area contributed by atoms with Crippen LogP contribution in [0.5, 0.6) is 0 Å². The largest absolute Gasteiger partial charge is 0.353 e. The molecule has 1 aromatic rings. The monoisotopic (exact) mass is 177 g/mol. The first-order valence-corrected chi connectivity index (χ1v) is 4.87. The van der Waals surface area contributed by atoms with E-state index in [2.05, 4.69) is 21.8 Å². The maximum absolute atomic E-state index is 4.41. The maximum Gasteiger partial charge on any atom is 0.132 e. The molecule has 1 unspecified atom stereocenters. The third-order valence-corrected chi connectivity index (χ3v) is 2.67. The second kappa shape index (κ2) is 3.32. The number of aryl methyl sites for hydroxylation is 1. The summed E-state index contributed by atoms with van der Waals surface area (Å²) in [7, 11) is 0. The molecule has 1 fully saturated rings. The first kappa shape index (κ1) is 8.48. The topological polar surface area (TPSA) is 29.0 Å². The first-order valence-electron chi connectivity index (χ1n) is 4.87. The predicted molar refractivity (Wildman–Crippen MR) is 52.8 cm³/mol. The highest BCUT2D eigenvalue weighted by molar-refractivity contribution is 5.41. The van der Waals surface area contributed by atoms with Gasteiger partial charge in [-0.05, 0) is 25.8 Å². The number of aromatic nitrogens is 2. The Balaban J connectivity index is 2.16. The molecule has 2 heterocycles. The normalized spacial score (nSPS) is 21.4. The highest BCUT2D eigenvalue weighted by Gasteiger charge is 2.27. The lowest BCUT2D eigenvalue weighted by molar-refractivity contribution is 0.432. The Kier molecular flexibility index (Phi) is 2.17. The molecule has 0 bridgehead atoms. The van der Waals surface area contributed by atoms with Gasteiger partial charge in [-0.15, -0.1) is 0 Å². The molecule has 0 aliphatic carbocycles. The van der Waals surface area contributed by atoms with Crippen LogP contribution in [0, 0.1) is 6.92 Å². The summed E-state index contributed by atoms with van der Waals surface area (Å²) in [6, 6.07) is 2.70. The summed E-state index contributed by atoms with van der Waals surface area (Å²) in [4.78, 5) is 10.9. The molecule has 1 aromatic heterocycles. The quantitative estimate of drug-likeness (QED) is 0.689. The molecule has 70 valence electrons. The predicted octanol–water partition coefficient (Wildman–Crippen LogP) is 1.77. The van der Waals surface area contributed by atoms with Crippen molar-refractivity contribution in [3.63, 3.8) is 0 Å². The van der Waals surface area contributed by atoms with Gasteiger partial charge in [-0.25, -0.2) is 9.97 Å². The van der Waals surface area contributed by atoms with Crippen LogP contribution in [0.15, 0.2) is 12.3 Å². The Morgan fingerprint density at radius 3 is 3.00 bits per heavy atom. The van der Waals surface area contributed by atoms with Crippen molar-refractivity contribution in [2.75, 3.05) is 11.4 Å². The standard InChI is InChI=1S/C10H15N3/c1-3-9-5-7-13(9)10-4-6-11-8(2)12-10/h4,6,9H,3,5,7H2,1-2H3. The lowest BCUT2D eigenvalue weighted by Crippen LogP contribution is -2.47. The number of hydrogen-bond acceptors (Lipinski definition) is 3. The van der Waals surface area contributed by atoms with Crippen LogP contribution in [0.3, 0.4) is 0 Å². The summed E-state index contributed by atoms with van der Waals surface area (Å²) in [5, 5.41) is 0.